The molecular weight excluding hydrogens is 336 g/mol. The van der Waals surface area contributed by atoms with Crippen LogP contribution >= 0.6 is 0 Å². The molecule has 0 atom stereocenters. The predicted octanol–water partition coefficient (Wildman–Crippen LogP) is 7.18. The van der Waals surface area contributed by atoms with E-state index >= 15 is 0 Å². The molecule has 0 saturated heterocycles. The number of hydrogen-bond donors (Lipinski definition) is 1. The molecule has 0 amide bonds. The second-order valence-corrected chi connectivity index (χ2v) is 7.63. The molecule has 0 fully saturated rings. The Labute approximate surface area is 169 Å². The van der Waals surface area contributed by atoms with Gasteiger partial charge in [0.05, 0.1) is 0 Å². The van der Waals surface area contributed by atoms with Crippen molar-refractivity contribution in [1.29, 1.82) is 0 Å². The van der Waals surface area contributed by atoms with Gasteiger partial charge < -0.3 is 14.6 Å². The number of ether oxygens (including phenoxy) is 2. The summed E-state index contributed by atoms with van der Waals surface area (Å²) in [6, 6.07) is 0. The van der Waals surface area contributed by atoms with Crippen molar-refractivity contribution in [2.45, 2.75) is 123 Å². The Kier molecular flexibility index (Phi) is 23.3. The van der Waals surface area contributed by atoms with Crippen LogP contribution in [-0.4, -0.2) is 31.2 Å². The van der Waals surface area contributed by atoms with Crippen LogP contribution in [0.4, 0.5) is 0 Å². The van der Waals surface area contributed by atoms with Crippen LogP contribution < -0.4 is 0 Å². The van der Waals surface area contributed by atoms with E-state index in [0.717, 1.165) is 32.5 Å². The van der Waals surface area contributed by atoms with E-state index in [1.165, 1.54) is 77.0 Å². The van der Waals surface area contributed by atoms with Gasteiger partial charge in [0.25, 0.3) is 0 Å². The lowest BCUT2D eigenvalue weighted by Crippen LogP contribution is -2.18. The molecule has 0 heterocycles. The van der Waals surface area contributed by atoms with E-state index in [1.807, 2.05) is 6.08 Å². The highest BCUT2D eigenvalue weighted by atomic mass is 16.7. The maximum absolute atomic E-state index is 8.87. The van der Waals surface area contributed by atoms with Gasteiger partial charge in [-0.1, -0.05) is 103 Å². The van der Waals surface area contributed by atoms with E-state index in [2.05, 4.69) is 19.9 Å². The van der Waals surface area contributed by atoms with Crippen molar-refractivity contribution >= 4 is 0 Å². The summed E-state index contributed by atoms with van der Waals surface area (Å²) in [7, 11) is 0. The molecule has 1 N–H and O–H groups in total. The van der Waals surface area contributed by atoms with E-state index in [9.17, 15) is 0 Å². The van der Waals surface area contributed by atoms with Crippen molar-refractivity contribution in [3.63, 3.8) is 0 Å². The van der Waals surface area contributed by atoms with E-state index in [4.69, 9.17) is 14.6 Å². The number of aliphatic hydroxyl groups is 1. The van der Waals surface area contributed by atoms with Gasteiger partial charge in [0.2, 0.25) is 0 Å². The molecule has 0 bridgehead atoms. The lowest BCUT2D eigenvalue weighted by atomic mass is 10.1. The molecule has 0 unspecified atom stereocenters. The fourth-order valence-electron chi connectivity index (χ4n) is 3.13. The fourth-order valence-corrected chi connectivity index (χ4v) is 3.13. The lowest BCUT2D eigenvalue weighted by Gasteiger charge is -2.17. The van der Waals surface area contributed by atoms with Gasteiger partial charge in [-0.3, -0.25) is 0 Å². The molecule has 0 rings (SSSR count). The normalized spacial score (nSPS) is 11.9. The Balaban J connectivity index is 3.77. The maximum atomic E-state index is 8.87. The first-order valence-corrected chi connectivity index (χ1v) is 11.8. The van der Waals surface area contributed by atoms with Crippen molar-refractivity contribution in [1.82, 2.24) is 0 Å². The molecule has 0 saturated carbocycles. The quantitative estimate of drug-likeness (QED) is 0.122. The third-order valence-corrected chi connectivity index (χ3v) is 4.89. The molecule has 0 aliphatic rings. The topological polar surface area (TPSA) is 38.7 Å². The van der Waals surface area contributed by atoms with Crippen LogP contribution in [0.2, 0.25) is 0 Å². The number of unbranched alkanes of at least 4 members (excludes halogenated alkanes) is 12. The largest absolute Gasteiger partial charge is 0.396 e. The molecule has 0 radical (unpaired) electrons. The molecule has 0 aromatic heterocycles. The Morgan fingerprint density at radius 1 is 0.630 bits per heavy atom. The Hall–Kier alpha value is -0.380. The second-order valence-electron chi connectivity index (χ2n) is 7.63. The first kappa shape index (κ1) is 26.6. The van der Waals surface area contributed by atoms with Crippen LogP contribution in [0.1, 0.15) is 117 Å². The Bertz CT molecular complexity index is 271. The summed E-state index contributed by atoms with van der Waals surface area (Å²) in [6.45, 7) is 6.32. The Morgan fingerprint density at radius 2 is 1.07 bits per heavy atom. The number of rotatable bonds is 22. The fraction of sp³-hybridized carbons (Fsp3) is 0.917. The highest BCUT2D eigenvalue weighted by molar-refractivity contribution is 4.82. The van der Waals surface area contributed by atoms with Crippen molar-refractivity contribution in [3.05, 3.63) is 12.2 Å². The molecule has 0 spiro atoms. The molecule has 0 aliphatic heterocycles. The average molecular weight is 385 g/mol. The highest BCUT2D eigenvalue weighted by Crippen LogP contribution is 2.11. The third kappa shape index (κ3) is 21.8. The van der Waals surface area contributed by atoms with E-state index in [1.54, 1.807) is 0 Å². The average Bonchev–Trinajstić information content (AvgIpc) is 2.68. The highest BCUT2D eigenvalue weighted by Gasteiger charge is 2.07. The van der Waals surface area contributed by atoms with Gasteiger partial charge in [-0.05, 0) is 19.3 Å². The van der Waals surface area contributed by atoms with Gasteiger partial charge in [0, 0.05) is 26.2 Å². The van der Waals surface area contributed by atoms with Gasteiger partial charge in [-0.2, -0.15) is 0 Å². The third-order valence-electron chi connectivity index (χ3n) is 4.89. The minimum Gasteiger partial charge on any atom is -0.396 e. The minimum atomic E-state index is -0.125. The van der Waals surface area contributed by atoms with Gasteiger partial charge in [0.15, 0.2) is 6.29 Å². The standard InChI is InChI=1S/C24H48O3/c1-3-5-7-9-11-13-18-22-26-24(20-16-15-17-21-25)27-23-19-14-12-10-8-6-4-2/h15-16,24-25H,3-14,17-23H2,1-2H3/b16-15+. The van der Waals surface area contributed by atoms with Gasteiger partial charge >= 0.3 is 0 Å². The zero-order valence-electron chi connectivity index (χ0n) is 18.4. The molecular formula is C24H48O3. The predicted molar refractivity (Wildman–Crippen MR) is 117 cm³/mol. The van der Waals surface area contributed by atoms with Crippen molar-refractivity contribution in [2.24, 2.45) is 0 Å². The summed E-state index contributed by atoms with van der Waals surface area (Å²) < 4.78 is 11.9. The van der Waals surface area contributed by atoms with Crippen molar-refractivity contribution in [2.75, 3.05) is 19.8 Å². The summed E-state index contributed by atoms with van der Waals surface area (Å²) in [5, 5.41) is 8.87. The summed E-state index contributed by atoms with van der Waals surface area (Å²) in [4.78, 5) is 0. The summed E-state index contributed by atoms with van der Waals surface area (Å²) in [5.41, 5.74) is 0. The summed E-state index contributed by atoms with van der Waals surface area (Å²) in [5.74, 6) is 0. The Morgan fingerprint density at radius 3 is 1.52 bits per heavy atom. The molecule has 0 aromatic rings. The van der Waals surface area contributed by atoms with E-state index in [-0.39, 0.29) is 12.9 Å². The zero-order valence-corrected chi connectivity index (χ0v) is 18.4. The van der Waals surface area contributed by atoms with Crippen molar-refractivity contribution in [3.8, 4) is 0 Å². The van der Waals surface area contributed by atoms with Crippen LogP contribution in [0.5, 0.6) is 0 Å². The first-order chi connectivity index (χ1) is 13.3. The molecule has 0 aromatic carbocycles. The molecule has 3 heteroatoms. The zero-order chi connectivity index (χ0) is 19.8. The minimum absolute atomic E-state index is 0.125. The second kappa shape index (κ2) is 23.7. The van der Waals surface area contributed by atoms with Crippen LogP contribution in [0.3, 0.4) is 0 Å². The van der Waals surface area contributed by atoms with Crippen LogP contribution in [-0.2, 0) is 9.47 Å². The lowest BCUT2D eigenvalue weighted by molar-refractivity contribution is -0.141. The summed E-state index contributed by atoms with van der Waals surface area (Å²) >= 11 is 0. The monoisotopic (exact) mass is 384 g/mol. The van der Waals surface area contributed by atoms with Crippen LogP contribution in [0.25, 0.3) is 0 Å². The molecule has 162 valence electrons. The van der Waals surface area contributed by atoms with Gasteiger partial charge in [-0.25, -0.2) is 0 Å². The number of aliphatic hydroxyl groups excluding tert-OH is 1. The molecule has 3 nitrogen and oxygen atoms in total. The molecule has 27 heavy (non-hydrogen) atoms. The van der Waals surface area contributed by atoms with Crippen LogP contribution in [0.15, 0.2) is 12.2 Å². The SMILES string of the molecule is CCCCCCCCCOC(C/C=C/CCO)OCCCCCCCCC. The molecule has 0 aliphatic carbocycles. The first-order valence-electron chi connectivity index (χ1n) is 11.8. The van der Waals surface area contributed by atoms with Gasteiger partial charge in [-0.15, -0.1) is 0 Å². The smallest absolute Gasteiger partial charge is 0.160 e. The number of hydrogen-bond acceptors (Lipinski definition) is 3. The summed E-state index contributed by atoms with van der Waals surface area (Å²) in [6.07, 6.45) is 23.7. The van der Waals surface area contributed by atoms with E-state index in [0.29, 0.717) is 6.42 Å². The van der Waals surface area contributed by atoms with Gasteiger partial charge in [0.1, 0.15) is 0 Å². The maximum Gasteiger partial charge on any atom is 0.160 e. The van der Waals surface area contributed by atoms with E-state index < -0.39 is 0 Å². The van der Waals surface area contributed by atoms with Crippen LogP contribution in [0, 0.1) is 0 Å². The van der Waals surface area contributed by atoms with Crippen molar-refractivity contribution < 1.29 is 14.6 Å².